The quantitative estimate of drug-likeness (QED) is 0.616. The van der Waals surface area contributed by atoms with E-state index >= 15 is 0 Å². The van der Waals surface area contributed by atoms with E-state index in [-0.39, 0.29) is 0 Å². The zero-order chi connectivity index (χ0) is 15.6. The largest absolute Gasteiger partial charge is 0.320 e. The van der Waals surface area contributed by atoms with E-state index in [1.807, 2.05) is 18.8 Å². The fourth-order valence-electron chi connectivity index (χ4n) is 2.58. The van der Waals surface area contributed by atoms with Gasteiger partial charge in [0.2, 0.25) is 0 Å². The number of rotatable bonds is 9. The number of thioether (sulfide) groups is 1. The van der Waals surface area contributed by atoms with E-state index in [2.05, 4.69) is 66.8 Å². The molecule has 0 heterocycles. The zero-order valence-corrected chi connectivity index (χ0v) is 14.5. The number of benzene rings is 2. The number of unbranched alkanes of at least 4 members (excludes halogenated alkanes) is 1. The van der Waals surface area contributed by atoms with Gasteiger partial charge in [0.25, 0.3) is 0 Å². The van der Waals surface area contributed by atoms with Crippen LogP contribution in [-0.4, -0.2) is 13.6 Å². The summed E-state index contributed by atoms with van der Waals surface area (Å²) in [6.45, 7) is 3.30. The fourth-order valence-corrected chi connectivity index (χ4v) is 3.90. The summed E-state index contributed by atoms with van der Waals surface area (Å²) in [5.41, 5.74) is 2.92. The van der Waals surface area contributed by atoms with Gasteiger partial charge in [-0.1, -0.05) is 61.9 Å². The predicted octanol–water partition coefficient (Wildman–Crippen LogP) is 5.47. The molecule has 0 aliphatic heterocycles. The van der Waals surface area contributed by atoms with Crippen LogP contribution in [0.4, 0.5) is 0 Å². The van der Waals surface area contributed by atoms with Gasteiger partial charge in [0.15, 0.2) is 0 Å². The summed E-state index contributed by atoms with van der Waals surface area (Å²) in [6.07, 6.45) is 4.85. The van der Waals surface area contributed by atoms with Crippen molar-refractivity contribution in [1.29, 1.82) is 0 Å². The predicted molar refractivity (Wildman–Crippen MR) is 98.6 cm³/mol. The van der Waals surface area contributed by atoms with Crippen LogP contribution in [0.15, 0.2) is 59.5 Å². The number of hydrogen-bond acceptors (Lipinski definition) is 2. The third-order valence-corrected chi connectivity index (χ3v) is 5.31. The highest BCUT2D eigenvalue weighted by Crippen LogP contribution is 2.39. The molecule has 0 aliphatic carbocycles. The third-order valence-electron chi connectivity index (χ3n) is 3.87. The lowest BCUT2D eigenvalue weighted by Crippen LogP contribution is -2.11. The van der Waals surface area contributed by atoms with Crippen molar-refractivity contribution in [1.82, 2.24) is 5.32 Å². The second-order valence-electron chi connectivity index (χ2n) is 5.62. The van der Waals surface area contributed by atoms with Crippen LogP contribution in [0.5, 0.6) is 0 Å². The first-order chi connectivity index (χ1) is 10.8. The summed E-state index contributed by atoms with van der Waals surface area (Å²) in [5.74, 6) is 0. The Morgan fingerprint density at radius 3 is 2.45 bits per heavy atom. The zero-order valence-electron chi connectivity index (χ0n) is 13.7. The summed E-state index contributed by atoms with van der Waals surface area (Å²) in [7, 11) is 2.03. The lowest BCUT2D eigenvalue weighted by Gasteiger charge is -2.19. The monoisotopic (exact) mass is 313 g/mol. The second kappa shape index (κ2) is 9.70. The Balaban J connectivity index is 2.16. The van der Waals surface area contributed by atoms with Crippen molar-refractivity contribution in [2.75, 3.05) is 13.6 Å². The molecule has 1 nitrogen and oxygen atoms in total. The Labute approximate surface area is 139 Å². The molecule has 0 unspecified atom stereocenters. The first-order valence-electron chi connectivity index (χ1n) is 8.29. The summed E-state index contributed by atoms with van der Waals surface area (Å²) < 4.78 is 0. The van der Waals surface area contributed by atoms with Gasteiger partial charge in [-0.3, -0.25) is 0 Å². The fraction of sp³-hybridized carbons (Fsp3) is 0.400. The van der Waals surface area contributed by atoms with Crippen LogP contribution >= 0.6 is 11.8 Å². The molecule has 2 aromatic rings. The highest BCUT2D eigenvalue weighted by Gasteiger charge is 2.14. The minimum atomic E-state index is 0.511. The summed E-state index contributed by atoms with van der Waals surface area (Å²) in [4.78, 5) is 1.45. The van der Waals surface area contributed by atoms with Crippen molar-refractivity contribution in [2.45, 2.75) is 42.8 Å². The molecule has 0 saturated carbocycles. The minimum Gasteiger partial charge on any atom is -0.320 e. The van der Waals surface area contributed by atoms with Gasteiger partial charge in [0, 0.05) is 10.1 Å². The normalized spacial score (nSPS) is 12.3. The topological polar surface area (TPSA) is 12.0 Å². The van der Waals surface area contributed by atoms with E-state index in [9.17, 15) is 0 Å². The highest BCUT2D eigenvalue weighted by molar-refractivity contribution is 7.99. The standard InChI is InChI=1S/C20H27NS/c1-3-4-10-17-13-8-9-14-19(17)22-20(15-16-21-2)18-11-6-5-7-12-18/h5-9,11-14,20-21H,3-4,10,15-16H2,1-2H3/t20-/m0/s1. The average molecular weight is 314 g/mol. The van der Waals surface area contributed by atoms with Crippen molar-refractivity contribution >= 4 is 11.8 Å². The van der Waals surface area contributed by atoms with Crippen LogP contribution in [0, 0.1) is 0 Å². The molecular weight excluding hydrogens is 286 g/mol. The van der Waals surface area contributed by atoms with Gasteiger partial charge >= 0.3 is 0 Å². The van der Waals surface area contributed by atoms with Gasteiger partial charge in [0.1, 0.15) is 0 Å². The van der Waals surface area contributed by atoms with E-state index in [1.54, 1.807) is 0 Å². The minimum absolute atomic E-state index is 0.511. The van der Waals surface area contributed by atoms with Gasteiger partial charge in [-0.05, 0) is 50.0 Å². The maximum atomic E-state index is 3.29. The van der Waals surface area contributed by atoms with Crippen LogP contribution in [0.2, 0.25) is 0 Å². The Bertz CT molecular complexity index is 538. The van der Waals surface area contributed by atoms with Crippen LogP contribution in [0.25, 0.3) is 0 Å². The van der Waals surface area contributed by atoms with Crippen LogP contribution in [-0.2, 0) is 6.42 Å². The molecule has 0 amide bonds. The summed E-state index contributed by atoms with van der Waals surface area (Å²) in [5, 5.41) is 3.80. The number of aryl methyl sites for hydroxylation is 1. The van der Waals surface area contributed by atoms with E-state index in [1.165, 1.54) is 35.3 Å². The average Bonchev–Trinajstić information content (AvgIpc) is 2.58. The third kappa shape index (κ3) is 5.19. The Kier molecular flexibility index (Phi) is 7.55. The molecule has 0 saturated heterocycles. The molecule has 2 heteroatoms. The maximum Gasteiger partial charge on any atom is 0.0356 e. The first kappa shape index (κ1) is 17.1. The molecule has 2 aromatic carbocycles. The van der Waals surface area contributed by atoms with Gasteiger partial charge in [-0.2, -0.15) is 0 Å². The van der Waals surface area contributed by atoms with Crippen LogP contribution < -0.4 is 5.32 Å². The molecule has 0 bridgehead atoms. The van der Waals surface area contributed by atoms with E-state index < -0.39 is 0 Å². The SMILES string of the molecule is CCCCc1ccccc1S[C@@H](CCNC)c1ccccc1. The molecule has 118 valence electrons. The molecule has 0 aromatic heterocycles. The van der Waals surface area contributed by atoms with Crippen molar-refractivity contribution in [2.24, 2.45) is 0 Å². The molecule has 1 atom stereocenters. The lowest BCUT2D eigenvalue weighted by atomic mass is 10.1. The van der Waals surface area contributed by atoms with Crippen LogP contribution in [0.3, 0.4) is 0 Å². The van der Waals surface area contributed by atoms with Gasteiger partial charge in [0.05, 0.1) is 0 Å². The molecule has 1 N–H and O–H groups in total. The van der Waals surface area contributed by atoms with E-state index in [0.717, 1.165) is 13.0 Å². The Morgan fingerprint density at radius 2 is 1.73 bits per heavy atom. The molecule has 0 fully saturated rings. The Hall–Kier alpha value is -1.25. The van der Waals surface area contributed by atoms with Gasteiger partial charge in [-0.25, -0.2) is 0 Å². The molecule has 22 heavy (non-hydrogen) atoms. The second-order valence-corrected chi connectivity index (χ2v) is 6.87. The van der Waals surface area contributed by atoms with E-state index in [4.69, 9.17) is 0 Å². The van der Waals surface area contributed by atoms with Crippen molar-refractivity contribution < 1.29 is 0 Å². The van der Waals surface area contributed by atoms with Crippen molar-refractivity contribution in [3.8, 4) is 0 Å². The molecule has 0 aliphatic rings. The maximum absolute atomic E-state index is 3.29. The molecule has 0 spiro atoms. The van der Waals surface area contributed by atoms with Crippen molar-refractivity contribution in [3.63, 3.8) is 0 Å². The van der Waals surface area contributed by atoms with Gasteiger partial charge in [-0.15, -0.1) is 11.8 Å². The summed E-state index contributed by atoms with van der Waals surface area (Å²) in [6, 6.07) is 19.8. The number of hydrogen-bond donors (Lipinski definition) is 1. The van der Waals surface area contributed by atoms with E-state index in [0.29, 0.717) is 5.25 Å². The lowest BCUT2D eigenvalue weighted by molar-refractivity contribution is 0.714. The Morgan fingerprint density at radius 1 is 1.00 bits per heavy atom. The van der Waals surface area contributed by atoms with Gasteiger partial charge < -0.3 is 5.32 Å². The van der Waals surface area contributed by atoms with Crippen LogP contribution in [0.1, 0.15) is 42.6 Å². The van der Waals surface area contributed by atoms with Crippen molar-refractivity contribution in [3.05, 3.63) is 65.7 Å². The first-order valence-corrected chi connectivity index (χ1v) is 9.17. The molecular formula is C20H27NS. The highest BCUT2D eigenvalue weighted by atomic mass is 32.2. The summed E-state index contributed by atoms with van der Waals surface area (Å²) >= 11 is 2.02. The number of nitrogens with one attached hydrogen (secondary N) is 1. The smallest absolute Gasteiger partial charge is 0.0356 e. The molecule has 2 rings (SSSR count). The molecule has 0 radical (unpaired) electrons.